The molecule has 0 rings (SSSR count). The molecule has 5 heteroatoms. The van der Waals surface area contributed by atoms with Gasteiger partial charge in [-0.05, 0) is 0 Å². The van der Waals surface area contributed by atoms with Crippen LogP contribution in [-0.2, 0) is 9.59 Å². The third-order valence-electron chi connectivity index (χ3n) is 1.12. The molecule has 0 saturated heterocycles. The highest BCUT2D eigenvalue weighted by Gasteiger charge is 2.17. The van der Waals surface area contributed by atoms with E-state index in [9.17, 15) is 9.59 Å². The number of hydrogen-bond donors (Lipinski definition) is 3. The van der Waals surface area contributed by atoms with Gasteiger partial charge in [0.1, 0.15) is 18.4 Å². The van der Waals surface area contributed by atoms with Gasteiger partial charge in [0.05, 0.1) is 6.61 Å². The van der Waals surface area contributed by atoms with Crippen molar-refractivity contribution in [3.8, 4) is 0 Å². The van der Waals surface area contributed by atoms with Crippen LogP contribution in [0.3, 0.4) is 0 Å². The van der Waals surface area contributed by atoms with Gasteiger partial charge in [-0.15, -0.1) is 0 Å². The van der Waals surface area contributed by atoms with Gasteiger partial charge in [0.15, 0.2) is 0 Å². The van der Waals surface area contributed by atoms with Crippen LogP contribution in [0, 0.1) is 0 Å². The van der Waals surface area contributed by atoms with Crippen molar-refractivity contribution < 1.29 is 19.8 Å². The second kappa shape index (κ2) is 4.81. The molecule has 0 aromatic carbocycles. The third kappa shape index (κ3) is 3.69. The molecule has 64 valence electrons. The van der Waals surface area contributed by atoms with E-state index in [0.29, 0.717) is 6.29 Å². The number of amides is 1. The van der Waals surface area contributed by atoms with E-state index in [-0.39, 0.29) is 0 Å². The largest absolute Gasteiger partial charge is 0.394 e. The van der Waals surface area contributed by atoms with Crippen LogP contribution in [0.25, 0.3) is 0 Å². The van der Waals surface area contributed by atoms with Crippen molar-refractivity contribution in [2.75, 3.05) is 6.61 Å². The number of nitrogens with one attached hydrogen (secondary N) is 1. The van der Waals surface area contributed by atoms with Gasteiger partial charge < -0.3 is 20.3 Å². The summed E-state index contributed by atoms with van der Waals surface area (Å²) in [5, 5.41) is 19.4. The van der Waals surface area contributed by atoms with Gasteiger partial charge in [-0.3, -0.25) is 4.79 Å². The molecule has 5 nitrogen and oxygen atoms in total. The Hall–Kier alpha value is -0.940. The van der Waals surface area contributed by atoms with Crippen molar-refractivity contribution in [1.29, 1.82) is 0 Å². The fourth-order valence-electron chi connectivity index (χ4n) is 0.569. The van der Waals surface area contributed by atoms with Crippen molar-refractivity contribution in [3.63, 3.8) is 0 Å². The molecule has 0 bridgehead atoms. The van der Waals surface area contributed by atoms with Gasteiger partial charge >= 0.3 is 0 Å². The number of rotatable bonds is 4. The maximum Gasteiger partial charge on any atom is 0.217 e. The van der Waals surface area contributed by atoms with E-state index in [1.54, 1.807) is 0 Å². The topological polar surface area (TPSA) is 86.6 Å². The average molecular weight is 161 g/mol. The molecule has 0 heterocycles. The summed E-state index contributed by atoms with van der Waals surface area (Å²) in [6.45, 7) is 0.671. The minimum atomic E-state index is -1.23. The van der Waals surface area contributed by atoms with Crippen molar-refractivity contribution in [2.45, 2.75) is 19.1 Å². The van der Waals surface area contributed by atoms with Crippen LogP contribution in [0.15, 0.2) is 0 Å². The molecule has 0 aliphatic heterocycles. The van der Waals surface area contributed by atoms with Crippen LogP contribution in [0.1, 0.15) is 6.92 Å². The van der Waals surface area contributed by atoms with Crippen LogP contribution in [0.5, 0.6) is 0 Å². The highest BCUT2D eigenvalue weighted by atomic mass is 16.3. The average Bonchev–Trinajstić information content (AvgIpc) is 1.98. The van der Waals surface area contributed by atoms with Gasteiger partial charge in [0.2, 0.25) is 5.91 Å². The van der Waals surface area contributed by atoms with Crippen molar-refractivity contribution >= 4 is 12.2 Å². The first kappa shape index (κ1) is 10.1. The molecule has 3 N–H and O–H groups in total. The van der Waals surface area contributed by atoms with Crippen molar-refractivity contribution in [3.05, 3.63) is 0 Å². The van der Waals surface area contributed by atoms with Gasteiger partial charge in [-0.25, -0.2) is 0 Å². The molecule has 11 heavy (non-hydrogen) atoms. The zero-order valence-corrected chi connectivity index (χ0v) is 6.15. The Balaban J connectivity index is 3.94. The molecule has 0 aliphatic rings. The van der Waals surface area contributed by atoms with Crippen molar-refractivity contribution in [1.82, 2.24) is 5.32 Å². The molecule has 1 amide bonds. The fraction of sp³-hybridized carbons (Fsp3) is 0.667. The minimum absolute atomic E-state index is 0.377. The lowest BCUT2D eigenvalue weighted by Gasteiger charge is -2.15. The van der Waals surface area contributed by atoms with Crippen LogP contribution >= 0.6 is 0 Å². The van der Waals surface area contributed by atoms with E-state index in [4.69, 9.17) is 10.2 Å². The summed E-state index contributed by atoms with van der Waals surface area (Å²) < 4.78 is 0. The number of carbonyl (C=O) groups excluding carboxylic acids is 2. The fourth-order valence-corrected chi connectivity index (χ4v) is 0.569. The zero-order chi connectivity index (χ0) is 8.85. The maximum atomic E-state index is 10.4. The Morgan fingerprint density at radius 2 is 2.27 bits per heavy atom. The van der Waals surface area contributed by atoms with Crippen LogP contribution in [0.4, 0.5) is 0 Å². The van der Waals surface area contributed by atoms with Crippen LogP contribution in [0.2, 0.25) is 0 Å². The summed E-state index contributed by atoms with van der Waals surface area (Å²) in [6, 6.07) is -1.02. The molecule has 0 aromatic heterocycles. The highest BCUT2D eigenvalue weighted by Crippen LogP contribution is 1.88. The maximum absolute atomic E-state index is 10.4. The van der Waals surface area contributed by atoms with Crippen LogP contribution in [-0.4, -0.2) is 41.2 Å². The van der Waals surface area contributed by atoms with Crippen molar-refractivity contribution in [2.24, 2.45) is 0 Å². The minimum Gasteiger partial charge on any atom is -0.394 e. The van der Waals surface area contributed by atoms with E-state index < -0.39 is 24.7 Å². The number of aliphatic hydroxyl groups is 2. The molecule has 0 saturated carbocycles. The molecule has 2 atom stereocenters. The van der Waals surface area contributed by atoms with Gasteiger partial charge in [-0.2, -0.15) is 0 Å². The lowest BCUT2D eigenvalue weighted by molar-refractivity contribution is -0.124. The first-order valence-corrected chi connectivity index (χ1v) is 3.13. The summed E-state index contributed by atoms with van der Waals surface area (Å²) in [7, 11) is 0. The first-order chi connectivity index (χ1) is 5.11. The second-order valence-electron chi connectivity index (χ2n) is 2.11. The quantitative estimate of drug-likeness (QED) is 0.418. The summed E-state index contributed by atoms with van der Waals surface area (Å²) in [4.78, 5) is 20.5. The molecule has 0 spiro atoms. The van der Waals surface area contributed by atoms with Crippen LogP contribution < -0.4 is 5.32 Å². The first-order valence-electron chi connectivity index (χ1n) is 3.13. The number of hydrogen-bond acceptors (Lipinski definition) is 4. The van der Waals surface area contributed by atoms with E-state index in [2.05, 4.69) is 5.32 Å². The Labute approximate surface area is 64.0 Å². The number of aliphatic hydroxyl groups excluding tert-OH is 2. The number of carbonyl (C=O) groups is 2. The molecule has 0 radical (unpaired) electrons. The summed E-state index contributed by atoms with van der Waals surface area (Å²) in [6.07, 6.45) is -0.848. The Kier molecular flexibility index (Phi) is 4.40. The summed E-state index contributed by atoms with van der Waals surface area (Å²) >= 11 is 0. The molecular weight excluding hydrogens is 150 g/mol. The Morgan fingerprint density at radius 3 is 2.55 bits per heavy atom. The van der Waals surface area contributed by atoms with E-state index >= 15 is 0 Å². The smallest absolute Gasteiger partial charge is 0.217 e. The summed E-state index contributed by atoms with van der Waals surface area (Å²) in [5.74, 6) is -0.422. The number of aldehydes is 1. The molecule has 0 fully saturated rings. The predicted molar refractivity (Wildman–Crippen MR) is 36.8 cm³/mol. The highest BCUT2D eigenvalue weighted by molar-refractivity contribution is 5.77. The predicted octanol–water partition coefficient (Wildman–Crippen LogP) is -1.96. The second-order valence-corrected chi connectivity index (χ2v) is 2.11. The van der Waals surface area contributed by atoms with Gasteiger partial charge in [-0.1, -0.05) is 0 Å². The molecular formula is C6H11NO4. The third-order valence-corrected chi connectivity index (χ3v) is 1.12. The normalized spacial score (nSPS) is 15.2. The van der Waals surface area contributed by atoms with E-state index in [1.165, 1.54) is 6.92 Å². The van der Waals surface area contributed by atoms with E-state index in [0.717, 1.165) is 0 Å². The SMILES string of the molecule is CC(=O)N[C@@H](C=O)[C@H](O)CO. The molecule has 0 aliphatic carbocycles. The molecule has 0 unspecified atom stereocenters. The lowest BCUT2D eigenvalue weighted by Crippen LogP contribution is -2.45. The molecule has 0 aromatic rings. The van der Waals surface area contributed by atoms with E-state index in [1.807, 2.05) is 0 Å². The lowest BCUT2D eigenvalue weighted by atomic mass is 10.2. The Morgan fingerprint density at radius 1 is 1.73 bits per heavy atom. The summed E-state index contributed by atoms with van der Waals surface area (Å²) in [5.41, 5.74) is 0. The van der Waals surface area contributed by atoms with Gasteiger partial charge in [0.25, 0.3) is 0 Å². The van der Waals surface area contributed by atoms with Gasteiger partial charge in [0, 0.05) is 6.92 Å². The standard InChI is InChI=1S/C6H11NO4/c1-4(10)7-5(2-8)6(11)3-9/h2,5-6,9,11H,3H2,1H3,(H,7,10)/t5-,6+/m0/s1. The Bertz CT molecular complexity index is 148. The monoisotopic (exact) mass is 161 g/mol. The zero-order valence-electron chi connectivity index (χ0n) is 6.15.